The highest BCUT2D eigenvalue weighted by atomic mass is 16.5. The number of rotatable bonds is 4. The van der Waals surface area contributed by atoms with E-state index in [2.05, 4.69) is 4.98 Å². The fourth-order valence-corrected chi connectivity index (χ4v) is 2.16. The Labute approximate surface area is 117 Å². The van der Waals surface area contributed by atoms with Crippen molar-refractivity contribution in [3.8, 4) is 17.0 Å². The van der Waals surface area contributed by atoms with Crippen LogP contribution in [0, 0.1) is 0 Å². The van der Waals surface area contributed by atoms with E-state index in [9.17, 15) is 0 Å². The number of imidazole rings is 1. The van der Waals surface area contributed by atoms with E-state index in [-0.39, 0.29) is 6.61 Å². The van der Waals surface area contributed by atoms with Crippen molar-refractivity contribution in [1.29, 1.82) is 0 Å². The fraction of sp³-hybridized carbons (Fsp3) is 0.188. The van der Waals surface area contributed by atoms with Crippen LogP contribution in [0.15, 0.2) is 48.8 Å². The Kier molecular flexibility index (Phi) is 3.39. The van der Waals surface area contributed by atoms with Crippen LogP contribution in [0.2, 0.25) is 0 Å². The number of aliphatic hydroxyl groups excluding tert-OH is 1. The van der Waals surface area contributed by atoms with Crippen LogP contribution in [0.4, 0.5) is 0 Å². The van der Waals surface area contributed by atoms with Crippen molar-refractivity contribution in [2.24, 2.45) is 0 Å². The summed E-state index contributed by atoms with van der Waals surface area (Å²) in [7, 11) is 0. The van der Waals surface area contributed by atoms with Gasteiger partial charge in [0.2, 0.25) is 0 Å². The van der Waals surface area contributed by atoms with Gasteiger partial charge in [-0.05, 0) is 42.8 Å². The van der Waals surface area contributed by atoms with E-state index in [1.54, 1.807) is 0 Å². The number of fused-ring (bicyclic) bond motifs is 1. The predicted octanol–water partition coefficient (Wildman–Crippen LogP) is 2.89. The number of aliphatic hydroxyl groups is 1. The molecule has 0 amide bonds. The molecule has 0 fully saturated rings. The van der Waals surface area contributed by atoms with Crippen molar-refractivity contribution < 1.29 is 9.84 Å². The van der Waals surface area contributed by atoms with Crippen molar-refractivity contribution in [2.75, 3.05) is 6.61 Å². The molecule has 1 aromatic carbocycles. The first-order chi connectivity index (χ1) is 9.80. The summed E-state index contributed by atoms with van der Waals surface area (Å²) >= 11 is 0. The third-order valence-corrected chi connectivity index (χ3v) is 3.16. The molecule has 3 rings (SSSR count). The second-order valence-corrected chi connectivity index (χ2v) is 4.54. The van der Waals surface area contributed by atoms with Crippen molar-refractivity contribution in [3.05, 3.63) is 54.4 Å². The van der Waals surface area contributed by atoms with Crippen LogP contribution >= 0.6 is 0 Å². The summed E-state index contributed by atoms with van der Waals surface area (Å²) in [6.45, 7) is 2.67. The van der Waals surface area contributed by atoms with Crippen LogP contribution in [-0.2, 0) is 6.61 Å². The zero-order chi connectivity index (χ0) is 13.9. The first-order valence-electron chi connectivity index (χ1n) is 6.62. The van der Waals surface area contributed by atoms with Crippen molar-refractivity contribution in [3.63, 3.8) is 0 Å². The standard InChI is InChI=1S/C16H16N2O2/c1-2-20-14-6-4-13(5-7-14)15-10-18-9-12(11-19)3-8-16(18)17-15/h3-10,19H,2,11H2,1H3. The molecule has 0 aliphatic rings. The maximum Gasteiger partial charge on any atom is 0.137 e. The van der Waals surface area contributed by atoms with Crippen LogP contribution in [0.3, 0.4) is 0 Å². The van der Waals surface area contributed by atoms with Crippen LogP contribution < -0.4 is 4.74 Å². The Balaban J connectivity index is 1.96. The van der Waals surface area contributed by atoms with Gasteiger partial charge in [0.15, 0.2) is 0 Å². The third-order valence-electron chi connectivity index (χ3n) is 3.16. The normalized spacial score (nSPS) is 10.9. The summed E-state index contributed by atoms with van der Waals surface area (Å²) in [4.78, 5) is 4.57. The number of hydrogen-bond donors (Lipinski definition) is 1. The Bertz CT molecular complexity index is 717. The quantitative estimate of drug-likeness (QED) is 0.791. The molecule has 20 heavy (non-hydrogen) atoms. The lowest BCUT2D eigenvalue weighted by molar-refractivity contribution is 0.281. The largest absolute Gasteiger partial charge is 0.494 e. The van der Waals surface area contributed by atoms with E-state index >= 15 is 0 Å². The highest BCUT2D eigenvalue weighted by Gasteiger charge is 2.05. The van der Waals surface area contributed by atoms with Gasteiger partial charge in [0, 0.05) is 18.0 Å². The summed E-state index contributed by atoms with van der Waals surface area (Å²) in [6.07, 6.45) is 3.85. The first-order valence-corrected chi connectivity index (χ1v) is 6.62. The molecule has 0 aliphatic carbocycles. The van der Waals surface area contributed by atoms with Crippen LogP contribution in [0.25, 0.3) is 16.9 Å². The lowest BCUT2D eigenvalue weighted by atomic mass is 10.2. The number of ether oxygens (including phenoxy) is 1. The molecule has 0 saturated carbocycles. The zero-order valence-corrected chi connectivity index (χ0v) is 11.3. The zero-order valence-electron chi connectivity index (χ0n) is 11.3. The summed E-state index contributed by atoms with van der Waals surface area (Å²) in [6, 6.07) is 11.7. The number of benzene rings is 1. The van der Waals surface area contributed by atoms with Gasteiger partial charge in [0.05, 0.1) is 18.9 Å². The molecule has 0 spiro atoms. The summed E-state index contributed by atoms with van der Waals surface area (Å²) in [5.41, 5.74) is 3.69. The number of pyridine rings is 1. The van der Waals surface area contributed by atoms with Crippen molar-refractivity contribution in [1.82, 2.24) is 9.38 Å². The van der Waals surface area contributed by atoms with E-state index in [4.69, 9.17) is 9.84 Å². The molecule has 2 heterocycles. The fourth-order valence-electron chi connectivity index (χ4n) is 2.16. The van der Waals surface area contributed by atoms with Gasteiger partial charge in [0.1, 0.15) is 11.4 Å². The van der Waals surface area contributed by atoms with Crippen LogP contribution in [-0.4, -0.2) is 21.1 Å². The lowest BCUT2D eigenvalue weighted by Gasteiger charge is -2.02. The molecular formula is C16H16N2O2. The first kappa shape index (κ1) is 12.7. The molecular weight excluding hydrogens is 252 g/mol. The average Bonchev–Trinajstić information content (AvgIpc) is 2.91. The average molecular weight is 268 g/mol. The van der Waals surface area contributed by atoms with E-state index < -0.39 is 0 Å². The Hall–Kier alpha value is -2.33. The van der Waals surface area contributed by atoms with Crippen molar-refractivity contribution in [2.45, 2.75) is 13.5 Å². The van der Waals surface area contributed by atoms with Crippen molar-refractivity contribution >= 4 is 5.65 Å². The molecule has 0 atom stereocenters. The Morgan fingerprint density at radius 1 is 1.10 bits per heavy atom. The maximum absolute atomic E-state index is 9.15. The highest BCUT2D eigenvalue weighted by molar-refractivity contribution is 5.63. The smallest absolute Gasteiger partial charge is 0.137 e. The van der Waals surface area contributed by atoms with Gasteiger partial charge >= 0.3 is 0 Å². The van der Waals surface area contributed by atoms with Gasteiger partial charge in [-0.3, -0.25) is 0 Å². The molecule has 102 valence electrons. The predicted molar refractivity (Wildman–Crippen MR) is 77.7 cm³/mol. The third kappa shape index (κ3) is 2.38. The van der Waals surface area contributed by atoms with Gasteiger partial charge in [-0.15, -0.1) is 0 Å². The molecule has 0 unspecified atom stereocenters. The number of hydrogen-bond acceptors (Lipinski definition) is 3. The summed E-state index contributed by atoms with van der Waals surface area (Å²) in [5, 5.41) is 9.15. The summed E-state index contributed by atoms with van der Waals surface area (Å²) in [5.74, 6) is 0.864. The molecule has 0 radical (unpaired) electrons. The molecule has 4 heteroatoms. The molecule has 0 saturated heterocycles. The van der Waals surface area contributed by atoms with E-state index in [1.807, 2.05) is 60.1 Å². The van der Waals surface area contributed by atoms with Crippen LogP contribution in [0.1, 0.15) is 12.5 Å². The Morgan fingerprint density at radius 2 is 1.90 bits per heavy atom. The molecule has 4 nitrogen and oxygen atoms in total. The van der Waals surface area contributed by atoms with Gasteiger partial charge < -0.3 is 14.2 Å². The van der Waals surface area contributed by atoms with Gasteiger partial charge in [-0.25, -0.2) is 4.98 Å². The number of nitrogens with zero attached hydrogens (tertiary/aromatic N) is 2. The van der Waals surface area contributed by atoms with Gasteiger partial charge in [0.25, 0.3) is 0 Å². The Morgan fingerprint density at radius 3 is 2.60 bits per heavy atom. The SMILES string of the molecule is CCOc1ccc(-c2cn3cc(CO)ccc3n2)cc1. The second-order valence-electron chi connectivity index (χ2n) is 4.54. The van der Waals surface area contributed by atoms with Crippen LogP contribution in [0.5, 0.6) is 5.75 Å². The topological polar surface area (TPSA) is 46.8 Å². The second kappa shape index (κ2) is 5.35. The molecule has 3 aromatic rings. The van der Waals surface area contributed by atoms with E-state index in [0.29, 0.717) is 6.61 Å². The number of aromatic nitrogens is 2. The highest BCUT2D eigenvalue weighted by Crippen LogP contribution is 2.22. The molecule has 2 aromatic heterocycles. The minimum absolute atomic E-state index is 0.0342. The molecule has 0 bridgehead atoms. The summed E-state index contributed by atoms with van der Waals surface area (Å²) < 4.78 is 7.36. The molecule has 1 N–H and O–H groups in total. The molecule has 0 aliphatic heterocycles. The monoisotopic (exact) mass is 268 g/mol. The minimum atomic E-state index is 0.0342. The maximum atomic E-state index is 9.15. The van der Waals surface area contributed by atoms with Gasteiger partial charge in [-0.2, -0.15) is 0 Å². The van der Waals surface area contributed by atoms with E-state index in [1.165, 1.54) is 0 Å². The lowest BCUT2D eigenvalue weighted by Crippen LogP contribution is -1.90. The van der Waals surface area contributed by atoms with E-state index in [0.717, 1.165) is 28.2 Å². The minimum Gasteiger partial charge on any atom is -0.494 e. The van der Waals surface area contributed by atoms with Gasteiger partial charge in [-0.1, -0.05) is 6.07 Å².